The van der Waals surface area contributed by atoms with E-state index < -0.39 is 0 Å². The van der Waals surface area contributed by atoms with Crippen LogP contribution in [0.4, 0.5) is 4.39 Å². The maximum atomic E-state index is 13.9. The van der Waals surface area contributed by atoms with Crippen molar-refractivity contribution in [3.8, 4) is 28.3 Å². The van der Waals surface area contributed by atoms with Gasteiger partial charge in [0.25, 0.3) is 0 Å². The van der Waals surface area contributed by atoms with Gasteiger partial charge in [0.05, 0.1) is 7.11 Å². The van der Waals surface area contributed by atoms with Crippen LogP contribution in [0.15, 0.2) is 48.8 Å². The second-order valence-corrected chi connectivity index (χ2v) is 4.64. The van der Waals surface area contributed by atoms with E-state index in [1.165, 1.54) is 6.07 Å². The Kier molecular flexibility index (Phi) is 3.39. The standard InChI is InChI=1S/C16H14FN3O/c1-20-10-18-16(19-20)11-7-8-13(15(9-11)21-2)12-5-3-4-6-14(12)17/h3-10H,1-2H3. The van der Waals surface area contributed by atoms with Gasteiger partial charge in [-0.25, -0.2) is 9.37 Å². The fourth-order valence-corrected chi connectivity index (χ4v) is 2.20. The molecule has 0 saturated carbocycles. The highest BCUT2D eigenvalue weighted by Gasteiger charge is 2.12. The molecule has 5 heteroatoms. The van der Waals surface area contributed by atoms with Gasteiger partial charge in [0.2, 0.25) is 0 Å². The minimum absolute atomic E-state index is 0.278. The number of hydrogen-bond acceptors (Lipinski definition) is 3. The molecule has 1 aromatic heterocycles. The molecule has 0 bridgehead atoms. The van der Waals surface area contributed by atoms with E-state index in [4.69, 9.17) is 4.74 Å². The quantitative estimate of drug-likeness (QED) is 0.740. The van der Waals surface area contributed by atoms with E-state index in [-0.39, 0.29) is 5.82 Å². The van der Waals surface area contributed by atoms with Gasteiger partial charge in [0.15, 0.2) is 5.82 Å². The highest BCUT2D eigenvalue weighted by molar-refractivity contribution is 5.75. The van der Waals surface area contributed by atoms with Gasteiger partial charge in [-0.3, -0.25) is 4.68 Å². The Morgan fingerprint density at radius 2 is 1.90 bits per heavy atom. The Hall–Kier alpha value is -2.69. The molecule has 0 saturated heterocycles. The molecular formula is C16H14FN3O. The first-order valence-corrected chi connectivity index (χ1v) is 6.48. The molecule has 2 aromatic carbocycles. The van der Waals surface area contributed by atoms with Gasteiger partial charge in [-0.15, -0.1) is 0 Å². The fraction of sp³-hybridized carbons (Fsp3) is 0.125. The molecular weight excluding hydrogens is 269 g/mol. The zero-order valence-corrected chi connectivity index (χ0v) is 11.7. The van der Waals surface area contributed by atoms with Crippen molar-refractivity contribution in [1.29, 1.82) is 0 Å². The lowest BCUT2D eigenvalue weighted by molar-refractivity contribution is 0.416. The van der Waals surface area contributed by atoms with Gasteiger partial charge < -0.3 is 4.74 Å². The van der Waals surface area contributed by atoms with Crippen molar-refractivity contribution >= 4 is 0 Å². The Balaban J connectivity index is 2.10. The summed E-state index contributed by atoms with van der Waals surface area (Å²) in [6.07, 6.45) is 1.63. The van der Waals surface area contributed by atoms with Crippen molar-refractivity contribution in [3.05, 3.63) is 54.6 Å². The summed E-state index contributed by atoms with van der Waals surface area (Å²) < 4.78 is 21.0. The predicted octanol–water partition coefficient (Wildman–Crippen LogP) is 3.30. The van der Waals surface area contributed by atoms with E-state index >= 15 is 0 Å². The number of methoxy groups -OCH3 is 1. The third-order valence-corrected chi connectivity index (χ3v) is 3.22. The summed E-state index contributed by atoms with van der Waals surface area (Å²) in [5, 5.41) is 4.25. The van der Waals surface area contributed by atoms with Crippen molar-refractivity contribution in [3.63, 3.8) is 0 Å². The third-order valence-electron chi connectivity index (χ3n) is 3.22. The lowest BCUT2D eigenvalue weighted by Crippen LogP contribution is -1.93. The molecule has 4 nitrogen and oxygen atoms in total. The van der Waals surface area contributed by atoms with E-state index in [0.717, 1.165) is 5.56 Å². The molecule has 3 rings (SSSR count). The Morgan fingerprint density at radius 3 is 2.57 bits per heavy atom. The van der Waals surface area contributed by atoms with Crippen LogP contribution in [0, 0.1) is 5.82 Å². The van der Waals surface area contributed by atoms with Crippen molar-refractivity contribution in [2.75, 3.05) is 7.11 Å². The van der Waals surface area contributed by atoms with E-state index in [9.17, 15) is 4.39 Å². The zero-order valence-electron chi connectivity index (χ0n) is 11.7. The fourth-order valence-electron chi connectivity index (χ4n) is 2.20. The first-order chi connectivity index (χ1) is 10.2. The average molecular weight is 283 g/mol. The van der Waals surface area contributed by atoms with Crippen molar-refractivity contribution in [2.45, 2.75) is 0 Å². The molecule has 0 unspecified atom stereocenters. The molecule has 0 N–H and O–H groups in total. The van der Waals surface area contributed by atoms with Crippen LogP contribution in [-0.2, 0) is 7.05 Å². The molecule has 0 radical (unpaired) electrons. The molecule has 0 aliphatic rings. The number of hydrogen-bond donors (Lipinski definition) is 0. The Morgan fingerprint density at radius 1 is 1.10 bits per heavy atom. The SMILES string of the molecule is COc1cc(-c2ncn(C)n2)ccc1-c1ccccc1F. The van der Waals surface area contributed by atoms with E-state index in [1.807, 2.05) is 18.2 Å². The highest BCUT2D eigenvalue weighted by Crippen LogP contribution is 2.34. The van der Waals surface area contributed by atoms with E-state index in [2.05, 4.69) is 10.1 Å². The molecule has 1 heterocycles. The lowest BCUT2D eigenvalue weighted by Gasteiger charge is -2.10. The Bertz CT molecular complexity index is 783. The first kappa shape index (κ1) is 13.3. The lowest BCUT2D eigenvalue weighted by atomic mass is 10.0. The summed E-state index contributed by atoms with van der Waals surface area (Å²) in [4.78, 5) is 4.20. The molecule has 0 amide bonds. The molecule has 0 atom stereocenters. The third kappa shape index (κ3) is 2.50. The zero-order chi connectivity index (χ0) is 14.8. The summed E-state index contributed by atoms with van der Waals surface area (Å²) in [6.45, 7) is 0. The van der Waals surface area contributed by atoms with E-state index in [0.29, 0.717) is 22.7 Å². The van der Waals surface area contributed by atoms with Gasteiger partial charge in [0.1, 0.15) is 17.9 Å². The normalized spacial score (nSPS) is 10.6. The number of rotatable bonds is 3. The van der Waals surface area contributed by atoms with Crippen LogP contribution in [-0.4, -0.2) is 21.9 Å². The monoisotopic (exact) mass is 283 g/mol. The van der Waals surface area contributed by atoms with Crippen molar-refractivity contribution in [2.24, 2.45) is 7.05 Å². The predicted molar refractivity (Wildman–Crippen MR) is 78.4 cm³/mol. The van der Waals surface area contributed by atoms with Gasteiger partial charge in [0, 0.05) is 23.7 Å². The molecule has 0 fully saturated rings. The minimum Gasteiger partial charge on any atom is -0.496 e. The topological polar surface area (TPSA) is 39.9 Å². The second-order valence-electron chi connectivity index (χ2n) is 4.64. The van der Waals surface area contributed by atoms with Gasteiger partial charge in [-0.1, -0.05) is 24.3 Å². The summed E-state index contributed by atoms with van der Waals surface area (Å²) in [5.74, 6) is 0.917. The van der Waals surface area contributed by atoms with Crippen LogP contribution in [0.3, 0.4) is 0 Å². The largest absolute Gasteiger partial charge is 0.496 e. The van der Waals surface area contributed by atoms with Gasteiger partial charge in [-0.2, -0.15) is 5.10 Å². The molecule has 106 valence electrons. The second kappa shape index (κ2) is 5.36. The number of nitrogens with zero attached hydrogens (tertiary/aromatic N) is 3. The van der Waals surface area contributed by atoms with Crippen LogP contribution in [0.5, 0.6) is 5.75 Å². The Labute approximate surface area is 121 Å². The molecule has 0 aliphatic heterocycles. The highest BCUT2D eigenvalue weighted by atomic mass is 19.1. The van der Waals surface area contributed by atoms with Crippen LogP contribution < -0.4 is 4.74 Å². The summed E-state index contributed by atoms with van der Waals surface area (Å²) in [5.41, 5.74) is 2.04. The molecule has 21 heavy (non-hydrogen) atoms. The van der Waals surface area contributed by atoms with Crippen LogP contribution >= 0.6 is 0 Å². The first-order valence-electron chi connectivity index (χ1n) is 6.48. The molecule has 0 aliphatic carbocycles. The van der Waals surface area contributed by atoms with Crippen LogP contribution in [0.1, 0.15) is 0 Å². The number of benzene rings is 2. The van der Waals surface area contributed by atoms with E-state index in [1.54, 1.807) is 43.4 Å². The number of halogens is 1. The molecule has 0 spiro atoms. The number of aryl methyl sites for hydroxylation is 1. The van der Waals surface area contributed by atoms with Crippen molar-refractivity contribution in [1.82, 2.24) is 14.8 Å². The number of ether oxygens (including phenoxy) is 1. The van der Waals surface area contributed by atoms with Crippen LogP contribution in [0.2, 0.25) is 0 Å². The minimum atomic E-state index is -0.278. The van der Waals surface area contributed by atoms with Gasteiger partial charge >= 0.3 is 0 Å². The summed E-state index contributed by atoms with van der Waals surface area (Å²) in [6, 6.07) is 12.1. The summed E-state index contributed by atoms with van der Waals surface area (Å²) in [7, 11) is 3.37. The smallest absolute Gasteiger partial charge is 0.181 e. The maximum Gasteiger partial charge on any atom is 0.181 e. The van der Waals surface area contributed by atoms with Gasteiger partial charge in [-0.05, 0) is 18.2 Å². The van der Waals surface area contributed by atoms with Crippen molar-refractivity contribution < 1.29 is 9.13 Å². The molecule has 3 aromatic rings. The number of aromatic nitrogens is 3. The average Bonchev–Trinajstić information content (AvgIpc) is 2.94. The van der Waals surface area contributed by atoms with Crippen LogP contribution in [0.25, 0.3) is 22.5 Å². The maximum absolute atomic E-state index is 13.9. The summed E-state index contributed by atoms with van der Waals surface area (Å²) >= 11 is 0.